The van der Waals surface area contributed by atoms with Crippen molar-refractivity contribution in [2.24, 2.45) is 11.8 Å². The molecule has 0 unspecified atom stereocenters. The fourth-order valence-electron chi connectivity index (χ4n) is 4.47. The molecule has 0 spiro atoms. The molecule has 164 valence electrons. The number of halogens is 1. The number of nitrogens with zero attached hydrogens (tertiary/aromatic N) is 2. The third-order valence-electron chi connectivity index (χ3n) is 5.86. The maximum atomic E-state index is 13.0. The van der Waals surface area contributed by atoms with Gasteiger partial charge in [-0.2, -0.15) is 4.98 Å². The summed E-state index contributed by atoms with van der Waals surface area (Å²) in [5, 5.41) is 5.96. The van der Waals surface area contributed by atoms with E-state index < -0.39 is 17.4 Å². The van der Waals surface area contributed by atoms with Crippen LogP contribution in [0.5, 0.6) is 0 Å². The molecule has 4 rings (SSSR count). The van der Waals surface area contributed by atoms with Crippen molar-refractivity contribution in [2.75, 3.05) is 28.6 Å². The average molecular weight is 444 g/mol. The molecule has 2 aliphatic heterocycles. The summed E-state index contributed by atoms with van der Waals surface area (Å²) in [6, 6.07) is 5.16. The Morgan fingerprint density at radius 1 is 1.23 bits per heavy atom. The topological polar surface area (TPSA) is 107 Å². The Bertz CT molecular complexity index is 1090. The van der Waals surface area contributed by atoms with Gasteiger partial charge < -0.3 is 15.5 Å². The second-order valence-electron chi connectivity index (χ2n) is 8.76. The van der Waals surface area contributed by atoms with E-state index in [4.69, 9.17) is 11.6 Å². The van der Waals surface area contributed by atoms with E-state index in [1.165, 1.54) is 0 Å². The number of aromatic amines is 1. The second-order valence-corrected chi connectivity index (χ2v) is 9.17. The Hall–Kier alpha value is -2.87. The summed E-state index contributed by atoms with van der Waals surface area (Å²) in [6.45, 7) is 7.75. The highest BCUT2D eigenvalue weighted by Gasteiger charge is 2.35. The molecule has 3 heterocycles. The number of rotatable bonds is 3. The number of carbonyl (C=O) groups excluding carboxylic acids is 2. The van der Waals surface area contributed by atoms with Crippen LogP contribution in [-0.4, -0.2) is 34.9 Å². The molecule has 31 heavy (non-hydrogen) atoms. The summed E-state index contributed by atoms with van der Waals surface area (Å²) < 4.78 is 0. The number of hydrogen-bond acceptors (Lipinski definition) is 5. The zero-order chi connectivity index (χ0) is 22.3. The molecule has 1 aromatic heterocycles. The van der Waals surface area contributed by atoms with Crippen LogP contribution in [0.1, 0.15) is 43.7 Å². The predicted octanol–water partition coefficient (Wildman–Crippen LogP) is 3.28. The van der Waals surface area contributed by atoms with Crippen molar-refractivity contribution in [2.45, 2.75) is 39.5 Å². The monoisotopic (exact) mass is 443 g/mol. The summed E-state index contributed by atoms with van der Waals surface area (Å²) in [7, 11) is 0. The van der Waals surface area contributed by atoms with Gasteiger partial charge in [0.25, 0.3) is 5.56 Å². The number of carbonyl (C=O) groups is 2. The van der Waals surface area contributed by atoms with Crippen LogP contribution in [0.2, 0.25) is 5.02 Å². The largest absolute Gasteiger partial charge is 0.342 e. The van der Waals surface area contributed by atoms with Gasteiger partial charge in [-0.25, -0.2) is 0 Å². The van der Waals surface area contributed by atoms with E-state index in [-0.39, 0.29) is 23.7 Å². The minimum atomic E-state index is -0.937. The lowest BCUT2D eigenvalue weighted by molar-refractivity contribution is -0.123. The Kier molecular flexibility index (Phi) is 5.75. The van der Waals surface area contributed by atoms with Crippen molar-refractivity contribution < 1.29 is 9.59 Å². The summed E-state index contributed by atoms with van der Waals surface area (Å²) in [4.78, 5) is 47.7. The van der Waals surface area contributed by atoms with E-state index >= 15 is 0 Å². The van der Waals surface area contributed by atoms with Crippen molar-refractivity contribution >= 4 is 40.9 Å². The minimum Gasteiger partial charge on any atom is -0.342 e. The van der Waals surface area contributed by atoms with Gasteiger partial charge in [0, 0.05) is 30.2 Å². The number of amides is 2. The Morgan fingerprint density at radius 3 is 2.61 bits per heavy atom. The highest BCUT2D eigenvalue weighted by atomic mass is 35.5. The molecule has 0 bridgehead atoms. The zero-order valence-electron chi connectivity index (χ0n) is 17.8. The van der Waals surface area contributed by atoms with Gasteiger partial charge in [-0.15, -0.1) is 0 Å². The fourth-order valence-corrected chi connectivity index (χ4v) is 4.65. The fraction of sp³-hybridized carbons (Fsp3) is 0.455. The van der Waals surface area contributed by atoms with Gasteiger partial charge in [0.2, 0.25) is 17.8 Å². The maximum Gasteiger partial charge on any atom is 0.258 e. The van der Waals surface area contributed by atoms with Crippen LogP contribution < -0.4 is 21.1 Å². The van der Waals surface area contributed by atoms with Crippen LogP contribution in [0, 0.1) is 18.8 Å². The molecule has 3 atom stereocenters. The Balaban J connectivity index is 1.64. The smallest absolute Gasteiger partial charge is 0.258 e. The quantitative estimate of drug-likeness (QED) is 0.674. The van der Waals surface area contributed by atoms with Gasteiger partial charge >= 0.3 is 0 Å². The van der Waals surface area contributed by atoms with E-state index in [0.29, 0.717) is 28.5 Å². The van der Waals surface area contributed by atoms with Crippen LogP contribution in [0.15, 0.2) is 23.0 Å². The van der Waals surface area contributed by atoms with Crippen molar-refractivity contribution in [3.05, 3.63) is 44.7 Å². The first-order valence-electron chi connectivity index (χ1n) is 10.5. The van der Waals surface area contributed by atoms with Crippen LogP contribution in [0.25, 0.3) is 0 Å². The Morgan fingerprint density at radius 2 is 1.94 bits per heavy atom. The molecule has 2 aromatic rings. The van der Waals surface area contributed by atoms with Gasteiger partial charge in [-0.1, -0.05) is 31.5 Å². The van der Waals surface area contributed by atoms with E-state index in [2.05, 4.69) is 34.4 Å². The van der Waals surface area contributed by atoms with Crippen molar-refractivity contribution in [1.29, 1.82) is 0 Å². The van der Waals surface area contributed by atoms with Gasteiger partial charge in [0.15, 0.2) is 0 Å². The molecular weight excluding hydrogens is 418 g/mol. The lowest BCUT2D eigenvalue weighted by Gasteiger charge is -2.35. The van der Waals surface area contributed by atoms with E-state index in [0.717, 1.165) is 25.1 Å². The molecule has 1 saturated heterocycles. The minimum absolute atomic E-state index is 0.125. The summed E-state index contributed by atoms with van der Waals surface area (Å²) in [5.74, 6) is -0.209. The molecule has 8 nitrogen and oxygen atoms in total. The number of hydrogen-bond donors (Lipinski definition) is 3. The molecule has 2 amide bonds. The molecule has 0 radical (unpaired) electrons. The summed E-state index contributed by atoms with van der Waals surface area (Å²) in [5.41, 5.74) is 1.16. The second kappa shape index (κ2) is 8.34. The summed E-state index contributed by atoms with van der Waals surface area (Å²) >= 11 is 6.14. The van der Waals surface area contributed by atoms with Crippen LogP contribution in [0.3, 0.4) is 0 Å². The number of H-pyrrole nitrogens is 1. The van der Waals surface area contributed by atoms with Gasteiger partial charge in [-0.3, -0.25) is 19.4 Å². The average Bonchev–Trinajstić information content (AvgIpc) is 2.69. The molecule has 3 N–H and O–H groups in total. The Labute approximate surface area is 185 Å². The standard InChI is InChI=1S/C22H26ClN5O3/c1-11-6-12(2)10-28(9-11)22-26-19-18(21(31)27-22)15(8-17(29)25-19)20(30)24-14-5-4-13(3)16(23)7-14/h4-5,7,11-12,15H,6,8-10H2,1-3H3,(H,24,30)(H2,25,26,27,29,31)/t11-,12+,15-/m1/s1. The number of benzene rings is 1. The highest BCUT2D eigenvalue weighted by Crippen LogP contribution is 2.32. The SMILES string of the molecule is Cc1ccc(NC(=O)[C@@H]2CC(=O)Nc3nc(N4C[C@H](C)C[C@H](C)C4)[nH]c(=O)c32)cc1Cl. The zero-order valence-corrected chi connectivity index (χ0v) is 18.5. The molecule has 0 saturated carbocycles. The maximum absolute atomic E-state index is 13.0. The van der Waals surface area contributed by atoms with Crippen LogP contribution in [0.4, 0.5) is 17.5 Å². The molecule has 9 heteroatoms. The molecule has 1 fully saturated rings. The third kappa shape index (κ3) is 4.44. The number of nitrogens with one attached hydrogen (secondary N) is 3. The predicted molar refractivity (Wildman–Crippen MR) is 121 cm³/mol. The first-order valence-corrected chi connectivity index (χ1v) is 10.8. The van der Waals surface area contributed by atoms with Gasteiger partial charge in [0.05, 0.1) is 11.5 Å². The lowest BCUT2D eigenvalue weighted by Crippen LogP contribution is -2.42. The van der Waals surface area contributed by atoms with Crippen molar-refractivity contribution in [1.82, 2.24) is 9.97 Å². The van der Waals surface area contributed by atoms with Crippen molar-refractivity contribution in [3.63, 3.8) is 0 Å². The molecule has 0 aliphatic carbocycles. The summed E-state index contributed by atoms with van der Waals surface area (Å²) in [6.07, 6.45) is 0.994. The molecular formula is C22H26ClN5O3. The number of piperidine rings is 1. The van der Waals surface area contributed by atoms with Crippen LogP contribution in [-0.2, 0) is 9.59 Å². The normalized spacial score (nSPS) is 23.2. The molecule has 1 aromatic carbocycles. The van der Waals surface area contributed by atoms with E-state index in [1.54, 1.807) is 18.2 Å². The van der Waals surface area contributed by atoms with Gasteiger partial charge in [0.1, 0.15) is 5.82 Å². The lowest BCUT2D eigenvalue weighted by atomic mass is 9.91. The van der Waals surface area contributed by atoms with Crippen molar-refractivity contribution in [3.8, 4) is 0 Å². The number of aryl methyl sites for hydroxylation is 1. The van der Waals surface area contributed by atoms with Gasteiger partial charge in [-0.05, 0) is 42.9 Å². The molecule has 2 aliphatic rings. The number of aromatic nitrogens is 2. The first kappa shape index (κ1) is 21.4. The van der Waals surface area contributed by atoms with E-state index in [9.17, 15) is 14.4 Å². The number of fused-ring (bicyclic) bond motifs is 1. The highest BCUT2D eigenvalue weighted by molar-refractivity contribution is 6.31. The van der Waals surface area contributed by atoms with Crippen LogP contribution >= 0.6 is 11.6 Å². The first-order chi connectivity index (χ1) is 14.7. The number of anilines is 3. The third-order valence-corrected chi connectivity index (χ3v) is 6.27. The van der Waals surface area contributed by atoms with E-state index in [1.807, 2.05) is 11.8 Å².